The van der Waals surface area contributed by atoms with Gasteiger partial charge in [0, 0.05) is 12.1 Å². The van der Waals surface area contributed by atoms with Crippen LogP contribution in [0.1, 0.15) is 62.7 Å². The lowest BCUT2D eigenvalue weighted by atomic mass is 9.95. The Balaban J connectivity index is 2.22. The first-order chi connectivity index (χ1) is 9.54. The predicted octanol–water partition coefficient (Wildman–Crippen LogP) is 3.91. The van der Waals surface area contributed by atoms with Gasteiger partial charge in [0.1, 0.15) is 5.69 Å². The Morgan fingerprint density at radius 3 is 2.60 bits per heavy atom. The molecule has 0 aromatic carbocycles. The molecule has 1 fully saturated rings. The first-order valence-corrected chi connectivity index (χ1v) is 7.38. The predicted molar refractivity (Wildman–Crippen MR) is 71.3 cm³/mol. The highest BCUT2D eigenvalue weighted by Gasteiger charge is 2.39. The van der Waals surface area contributed by atoms with Crippen molar-refractivity contribution in [1.29, 1.82) is 0 Å². The van der Waals surface area contributed by atoms with Gasteiger partial charge in [0.05, 0.1) is 12.2 Å². The number of hydrogen-bond donors (Lipinski definition) is 1. The second-order valence-corrected chi connectivity index (χ2v) is 5.43. The van der Waals surface area contributed by atoms with E-state index in [0.29, 0.717) is 6.54 Å². The molecule has 0 bridgehead atoms. The molecule has 1 aliphatic rings. The van der Waals surface area contributed by atoms with Gasteiger partial charge in [-0.05, 0) is 25.8 Å². The van der Waals surface area contributed by atoms with E-state index < -0.39 is 11.9 Å². The minimum atomic E-state index is -4.34. The average Bonchev–Trinajstić information content (AvgIpc) is 2.84. The number of rotatable bonds is 5. The van der Waals surface area contributed by atoms with E-state index in [1.54, 1.807) is 0 Å². The van der Waals surface area contributed by atoms with Crippen molar-refractivity contribution >= 4 is 0 Å². The van der Waals surface area contributed by atoms with Crippen molar-refractivity contribution in [3.8, 4) is 0 Å². The molecule has 1 aliphatic carbocycles. The highest BCUT2D eigenvalue weighted by molar-refractivity contribution is 5.21. The summed E-state index contributed by atoms with van der Waals surface area (Å²) in [7, 11) is 0. The van der Waals surface area contributed by atoms with E-state index in [2.05, 4.69) is 10.4 Å². The van der Waals surface area contributed by atoms with Crippen LogP contribution in [0.3, 0.4) is 0 Å². The normalized spacial score (nSPS) is 17.6. The second-order valence-electron chi connectivity index (χ2n) is 5.43. The second kappa shape index (κ2) is 6.61. The highest BCUT2D eigenvalue weighted by Crippen LogP contribution is 2.37. The molecular weight excluding hydrogens is 267 g/mol. The Kier molecular flexibility index (Phi) is 5.07. The molecule has 1 N–H and O–H groups in total. The maximum Gasteiger partial charge on any atom is 0.433 e. The summed E-state index contributed by atoms with van der Waals surface area (Å²) in [4.78, 5) is 0. The largest absolute Gasteiger partial charge is 0.433 e. The molecule has 0 spiro atoms. The molecule has 0 saturated heterocycles. The molecule has 1 heterocycles. The van der Waals surface area contributed by atoms with Gasteiger partial charge in [0.2, 0.25) is 0 Å². The van der Waals surface area contributed by atoms with Crippen LogP contribution in [0.2, 0.25) is 0 Å². The van der Waals surface area contributed by atoms with E-state index in [1.165, 1.54) is 10.9 Å². The minimum Gasteiger partial charge on any atom is -0.313 e. The molecule has 20 heavy (non-hydrogen) atoms. The van der Waals surface area contributed by atoms with Gasteiger partial charge < -0.3 is 5.32 Å². The molecule has 1 saturated carbocycles. The van der Waals surface area contributed by atoms with Crippen molar-refractivity contribution in [1.82, 2.24) is 15.1 Å². The van der Waals surface area contributed by atoms with Crippen LogP contribution >= 0.6 is 0 Å². The number of nitrogens with zero attached hydrogens (tertiary/aromatic N) is 2. The first kappa shape index (κ1) is 15.4. The van der Waals surface area contributed by atoms with Crippen LogP contribution in [0.5, 0.6) is 0 Å². The number of alkyl halides is 3. The Bertz CT molecular complexity index is 420. The van der Waals surface area contributed by atoms with Gasteiger partial charge in [0.15, 0.2) is 0 Å². The van der Waals surface area contributed by atoms with Crippen LogP contribution in [0.25, 0.3) is 0 Å². The number of halogens is 3. The zero-order valence-corrected chi connectivity index (χ0v) is 11.8. The van der Waals surface area contributed by atoms with Crippen LogP contribution in [0.4, 0.5) is 13.2 Å². The fourth-order valence-corrected chi connectivity index (χ4v) is 2.84. The van der Waals surface area contributed by atoms with E-state index >= 15 is 0 Å². The summed E-state index contributed by atoms with van der Waals surface area (Å²) in [6.07, 6.45) is 2.63. The number of nitrogens with one attached hydrogen (secondary N) is 1. The zero-order chi connectivity index (χ0) is 14.6. The van der Waals surface area contributed by atoms with Gasteiger partial charge in [-0.2, -0.15) is 18.3 Å². The van der Waals surface area contributed by atoms with Crippen molar-refractivity contribution in [3.05, 3.63) is 17.5 Å². The summed E-state index contributed by atoms with van der Waals surface area (Å²) in [5.74, 6) is 0. The van der Waals surface area contributed by atoms with E-state index in [4.69, 9.17) is 0 Å². The van der Waals surface area contributed by atoms with Crippen molar-refractivity contribution in [3.63, 3.8) is 0 Å². The third-order valence-corrected chi connectivity index (χ3v) is 3.80. The smallest absolute Gasteiger partial charge is 0.313 e. The Morgan fingerprint density at radius 1 is 1.30 bits per heavy atom. The average molecular weight is 289 g/mol. The van der Waals surface area contributed by atoms with Gasteiger partial charge in [-0.1, -0.05) is 26.2 Å². The van der Waals surface area contributed by atoms with Crippen LogP contribution < -0.4 is 5.32 Å². The fraction of sp³-hybridized carbons (Fsp3) is 0.786. The summed E-state index contributed by atoms with van der Waals surface area (Å²) in [5.41, 5.74) is -0.301. The zero-order valence-electron chi connectivity index (χ0n) is 11.8. The molecule has 0 radical (unpaired) electrons. The molecule has 1 aromatic heterocycles. The molecular formula is C14H22F3N3. The molecule has 0 aliphatic heterocycles. The molecule has 114 valence electrons. The topological polar surface area (TPSA) is 29.9 Å². The summed E-state index contributed by atoms with van der Waals surface area (Å²) >= 11 is 0. The fourth-order valence-electron chi connectivity index (χ4n) is 2.84. The molecule has 0 unspecified atom stereocenters. The first-order valence-electron chi connectivity index (χ1n) is 7.38. The summed E-state index contributed by atoms with van der Waals surface area (Å²) in [5, 5.41) is 7.07. The summed E-state index contributed by atoms with van der Waals surface area (Å²) in [6, 6.07) is -0.0969. The van der Waals surface area contributed by atoms with Gasteiger partial charge in [-0.3, -0.25) is 4.68 Å². The van der Waals surface area contributed by atoms with Gasteiger partial charge in [-0.15, -0.1) is 0 Å². The summed E-state index contributed by atoms with van der Waals surface area (Å²) < 4.78 is 41.2. The van der Waals surface area contributed by atoms with E-state index in [0.717, 1.165) is 38.5 Å². The van der Waals surface area contributed by atoms with Gasteiger partial charge >= 0.3 is 6.18 Å². The van der Waals surface area contributed by atoms with Crippen molar-refractivity contribution < 1.29 is 13.2 Å². The molecule has 0 amide bonds. The monoisotopic (exact) mass is 289 g/mol. The molecule has 2 rings (SSSR count). The number of hydrogen-bond acceptors (Lipinski definition) is 2. The molecule has 3 nitrogen and oxygen atoms in total. The standard InChI is InChI=1S/C14H22F3N3/c1-2-8-18-9-11-10-19-20(13(11)14(15,16)17)12-6-4-3-5-7-12/h10,12,18H,2-9H2,1H3. The SMILES string of the molecule is CCCNCc1cnn(C2CCCCC2)c1C(F)(F)F. The van der Waals surface area contributed by atoms with E-state index in [1.807, 2.05) is 6.92 Å². The minimum absolute atomic E-state index is 0.0969. The third kappa shape index (κ3) is 3.53. The lowest BCUT2D eigenvalue weighted by Crippen LogP contribution is -2.24. The van der Waals surface area contributed by atoms with E-state index in [9.17, 15) is 13.2 Å². The van der Waals surface area contributed by atoms with Gasteiger partial charge in [0.25, 0.3) is 0 Å². The van der Waals surface area contributed by atoms with Crippen LogP contribution in [-0.4, -0.2) is 16.3 Å². The van der Waals surface area contributed by atoms with Crippen LogP contribution in [0.15, 0.2) is 6.20 Å². The highest BCUT2D eigenvalue weighted by atomic mass is 19.4. The maximum atomic E-state index is 13.3. The Hall–Kier alpha value is -1.04. The van der Waals surface area contributed by atoms with Crippen molar-refractivity contribution in [2.24, 2.45) is 0 Å². The van der Waals surface area contributed by atoms with Crippen LogP contribution in [0, 0.1) is 0 Å². The molecule has 0 atom stereocenters. The molecule has 1 aromatic rings. The lowest BCUT2D eigenvalue weighted by Gasteiger charge is -2.25. The van der Waals surface area contributed by atoms with Crippen molar-refractivity contribution in [2.75, 3.05) is 6.54 Å². The van der Waals surface area contributed by atoms with Crippen molar-refractivity contribution in [2.45, 2.75) is 64.2 Å². The lowest BCUT2D eigenvalue weighted by molar-refractivity contribution is -0.145. The maximum absolute atomic E-state index is 13.3. The number of aromatic nitrogens is 2. The quantitative estimate of drug-likeness (QED) is 0.833. The summed E-state index contributed by atoms with van der Waals surface area (Å²) in [6.45, 7) is 2.93. The third-order valence-electron chi connectivity index (χ3n) is 3.80. The van der Waals surface area contributed by atoms with E-state index in [-0.39, 0.29) is 18.2 Å². The van der Waals surface area contributed by atoms with Crippen LogP contribution in [-0.2, 0) is 12.7 Å². The molecule has 6 heteroatoms. The van der Waals surface area contributed by atoms with Gasteiger partial charge in [-0.25, -0.2) is 0 Å². The Labute approximate surface area is 117 Å². The Morgan fingerprint density at radius 2 is 2.00 bits per heavy atom.